The first-order chi connectivity index (χ1) is 13.6. The number of para-hydroxylation sites is 1. The first-order valence-corrected chi connectivity index (χ1v) is 10.1. The molecule has 3 aromatic carbocycles. The fourth-order valence-electron chi connectivity index (χ4n) is 2.75. The molecule has 0 spiro atoms. The summed E-state index contributed by atoms with van der Waals surface area (Å²) in [5.41, 5.74) is 10.3. The summed E-state index contributed by atoms with van der Waals surface area (Å²) >= 11 is 4.71. The third-order valence-electron chi connectivity index (χ3n) is 4.17. The number of aromatic nitrogens is 2. The van der Waals surface area contributed by atoms with Gasteiger partial charge in [0, 0.05) is 21.3 Å². The number of amides is 1. The van der Waals surface area contributed by atoms with E-state index in [2.05, 4.69) is 31.4 Å². The summed E-state index contributed by atoms with van der Waals surface area (Å²) in [7, 11) is 0. The van der Waals surface area contributed by atoms with Gasteiger partial charge in [0.05, 0.1) is 5.56 Å². The monoisotopic (exact) mass is 450 g/mol. The predicted octanol–water partition coefficient (Wildman–Crippen LogP) is 5.47. The SMILES string of the molecule is Nc1ccccc1-c1ccc(-c2nnc(NC(=O)c3ccccc3Br)s2)cc1. The number of halogens is 1. The Morgan fingerprint density at radius 3 is 2.32 bits per heavy atom. The van der Waals surface area contributed by atoms with E-state index in [1.54, 1.807) is 6.07 Å². The molecule has 0 saturated carbocycles. The van der Waals surface area contributed by atoms with Crippen molar-refractivity contribution >= 4 is 44.0 Å². The van der Waals surface area contributed by atoms with Gasteiger partial charge in [-0.25, -0.2) is 0 Å². The highest BCUT2D eigenvalue weighted by Gasteiger charge is 2.13. The highest BCUT2D eigenvalue weighted by Crippen LogP contribution is 2.31. The quantitative estimate of drug-likeness (QED) is 0.404. The largest absolute Gasteiger partial charge is 0.398 e. The maximum atomic E-state index is 12.4. The predicted molar refractivity (Wildman–Crippen MR) is 117 cm³/mol. The summed E-state index contributed by atoms with van der Waals surface area (Å²) in [6.07, 6.45) is 0. The van der Waals surface area contributed by atoms with Crippen molar-refractivity contribution in [3.63, 3.8) is 0 Å². The van der Waals surface area contributed by atoms with Crippen LogP contribution in [0.1, 0.15) is 10.4 Å². The van der Waals surface area contributed by atoms with Crippen molar-refractivity contribution < 1.29 is 4.79 Å². The van der Waals surface area contributed by atoms with Crippen LogP contribution in [0.2, 0.25) is 0 Å². The molecule has 3 N–H and O–H groups in total. The zero-order chi connectivity index (χ0) is 19.5. The molecule has 0 saturated heterocycles. The molecule has 0 fully saturated rings. The second kappa shape index (κ2) is 7.92. The number of rotatable bonds is 4. The molecule has 1 aromatic heterocycles. The Kier molecular flexibility index (Phi) is 5.18. The van der Waals surface area contributed by atoms with Crippen LogP contribution in [0.25, 0.3) is 21.7 Å². The van der Waals surface area contributed by atoms with E-state index in [1.165, 1.54) is 11.3 Å². The van der Waals surface area contributed by atoms with Crippen LogP contribution in [0.15, 0.2) is 77.3 Å². The lowest BCUT2D eigenvalue weighted by atomic mass is 10.0. The topological polar surface area (TPSA) is 80.9 Å². The Hall–Kier alpha value is -3.03. The first kappa shape index (κ1) is 18.3. The van der Waals surface area contributed by atoms with Crippen LogP contribution >= 0.6 is 27.3 Å². The molecule has 0 radical (unpaired) electrons. The molecule has 4 aromatic rings. The van der Waals surface area contributed by atoms with Crippen molar-refractivity contribution in [3.8, 4) is 21.7 Å². The second-order valence-corrected chi connectivity index (χ2v) is 7.84. The Bertz CT molecular complexity index is 1140. The van der Waals surface area contributed by atoms with Gasteiger partial charge in [0.25, 0.3) is 5.91 Å². The molecule has 0 atom stereocenters. The highest BCUT2D eigenvalue weighted by atomic mass is 79.9. The van der Waals surface area contributed by atoms with Crippen LogP contribution in [0.3, 0.4) is 0 Å². The lowest BCUT2D eigenvalue weighted by Crippen LogP contribution is -2.12. The van der Waals surface area contributed by atoms with E-state index in [4.69, 9.17) is 5.73 Å². The molecule has 4 rings (SSSR count). The normalized spacial score (nSPS) is 10.6. The zero-order valence-corrected chi connectivity index (χ0v) is 17.0. The third-order valence-corrected chi connectivity index (χ3v) is 5.75. The number of hydrogen-bond acceptors (Lipinski definition) is 5. The molecule has 0 bridgehead atoms. The van der Waals surface area contributed by atoms with Crippen molar-refractivity contribution in [1.29, 1.82) is 0 Å². The van der Waals surface area contributed by atoms with Crippen molar-refractivity contribution in [2.45, 2.75) is 0 Å². The van der Waals surface area contributed by atoms with Crippen LogP contribution in [-0.2, 0) is 0 Å². The molecule has 28 heavy (non-hydrogen) atoms. The molecule has 0 aliphatic heterocycles. The van der Waals surface area contributed by atoms with Gasteiger partial charge < -0.3 is 5.73 Å². The first-order valence-electron chi connectivity index (χ1n) is 8.46. The number of hydrogen-bond donors (Lipinski definition) is 2. The Morgan fingerprint density at radius 1 is 0.893 bits per heavy atom. The van der Waals surface area contributed by atoms with Crippen LogP contribution in [0.4, 0.5) is 10.8 Å². The second-order valence-electron chi connectivity index (χ2n) is 6.01. The van der Waals surface area contributed by atoms with E-state index in [0.29, 0.717) is 10.7 Å². The molecule has 5 nitrogen and oxygen atoms in total. The Morgan fingerprint density at radius 2 is 1.57 bits per heavy atom. The van der Waals surface area contributed by atoms with E-state index in [-0.39, 0.29) is 5.91 Å². The number of nitrogen functional groups attached to an aromatic ring is 1. The van der Waals surface area contributed by atoms with Gasteiger partial charge >= 0.3 is 0 Å². The number of carbonyl (C=O) groups excluding carboxylic acids is 1. The smallest absolute Gasteiger partial charge is 0.258 e. The lowest BCUT2D eigenvalue weighted by molar-refractivity contribution is 0.102. The molecule has 0 aliphatic carbocycles. The van der Waals surface area contributed by atoms with E-state index in [0.717, 1.165) is 31.9 Å². The average molecular weight is 451 g/mol. The van der Waals surface area contributed by atoms with Gasteiger partial charge in [0.1, 0.15) is 5.01 Å². The van der Waals surface area contributed by atoms with Gasteiger partial charge in [0.2, 0.25) is 5.13 Å². The minimum absolute atomic E-state index is 0.231. The minimum Gasteiger partial charge on any atom is -0.398 e. The van der Waals surface area contributed by atoms with Crippen molar-refractivity contribution in [1.82, 2.24) is 10.2 Å². The molecule has 138 valence electrons. The van der Waals surface area contributed by atoms with E-state index >= 15 is 0 Å². The molecule has 0 aliphatic rings. The van der Waals surface area contributed by atoms with Gasteiger partial charge in [-0.1, -0.05) is 65.9 Å². The molecule has 1 heterocycles. The molecule has 1 amide bonds. The molecular formula is C21H15BrN4OS. The van der Waals surface area contributed by atoms with Crippen LogP contribution in [0.5, 0.6) is 0 Å². The number of carbonyl (C=O) groups is 1. The third kappa shape index (κ3) is 3.81. The highest BCUT2D eigenvalue weighted by molar-refractivity contribution is 9.10. The molecule has 0 unspecified atom stereocenters. The number of nitrogens with zero attached hydrogens (tertiary/aromatic N) is 2. The van der Waals surface area contributed by atoms with Crippen LogP contribution in [-0.4, -0.2) is 16.1 Å². The van der Waals surface area contributed by atoms with Crippen molar-refractivity contribution in [2.24, 2.45) is 0 Å². The van der Waals surface area contributed by atoms with E-state index < -0.39 is 0 Å². The number of nitrogens with one attached hydrogen (secondary N) is 1. The summed E-state index contributed by atoms with van der Waals surface area (Å²) in [5.74, 6) is -0.231. The number of benzene rings is 3. The van der Waals surface area contributed by atoms with E-state index in [9.17, 15) is 4.79 Å². The van der Waals surface area contributed by atoms with Crippen molar-refractivity contribution in [3.05, 3.63) is 82.8 Å². The summed E-state index contributed by atoms with van der Waals surface area (Å²) in [6, 6.07) is 22.9. The maximum Gasteiger partial charge on any atom is 0.258 e. The fourth-order valence-corrected chi connectivity index (χ4v) is 3.96. The summed E-state index contributed by atoms with van der Waals surface area (Å²) < 4.78 is 0.730. The summed E-state index contributed by atoms with van der Waals surface area (Å²) in [6.45, 7) is 0. The van der Waals surface area contributed by atoms with E-state index in [1.807, 2.05) is 66.7 Å². The van der Waals surface area contributed by atoms with Gasteiger partial charge in [-0.15, -0.1) is 10.2 Å². The molecular weight excluding hydrogens is 436 g/mol. The zero-order valence-electron chi connectivity index (χ0n) is 14.6. The van der Waals surface area contributed by atoms with Gasteiger partial charge in [0.15, 0.2) is 0 Å². The summed E-state index contributed by atoms with van der Waals surface area (Å²) in [4.78, 5) is 12.4. The fraction of sp³-hybridized carbons (Fsp3) is 0. The van der Waals surface area contributed by atoms with Crippen molar-refractivity contribution in [2.75, 3.05) is 11.1 Å². The summed E-state index contributed by atoms with van der Waals surface area (Å²) in [5, 5.41) is 12.3. The van der Waals surface area contributed by atoms with Gasteiger partial charge in [-0.05, 0) is 39.7 Å². The molecule has 7 heteroatoms. The number of nitrogens with two attached hydrogens (primary N) is 1. The van der Waals surface area contributed by atoms with Crippen LogP contribution in [0, 0.1) is 0 Å². The minimum atomic E-state index is -0.231. The standard InChI is InChI=1S/C21H15BrN4OS/c22-17-7-3-1-6-16(17)19(27)24-21-26-25-20(28-21)14-11-9-13(10-12-14)15-5-2-4-8-18(15)23/h1-12H,23H2,(H,24,26,27). The number of anilines is 2. The van der Waals surface area contributed by atoms with Gasteiger partial charge in [-0.3, -0.25) is 10.1 Å². The Labute approximate surface area is 174 Å². The Balaban J connectivity index is 1.52. The van der Waals surface area contributed by atoms with Gasteiger partial charge in [-0.2, -0.15) is 0 Å². The lowest BCUT2D eigenvalue weighted by Gasteiger charge is -2.06. The average Bonchev–Trinajstić information content (AvgIpc) is 3.17. The maximum absolute atomic E-state index is 12.4. The van der Waals surface area contributed by atoms with Crippen LogP contribution < -0.4 is 11.1 Å².